The van der Waals surface area contributed by atoms with E-state index in [1.165, 1.54) is 12.1 Å². The van der Waals surface area contributed by atoms with Gasteiger partial charge in [-0.25, -0.2) is 4.39 Å². The van der Waals surface area contributed by atoms with E-state index < -0.39 is 0 Å². The Kier molecular flexibility index (Phi) is 4.39. The number of nitrogens with zero attached hydrogens (tertiary/aromatic N) is 1. The summed E-state index contributed by atoms with van der Waals surface area (Å²) in [5.41, 5.74) is 4.65. The molecule has 3 nitrogen and oxygen atoms in total. The maximum atomic E-state index is 14.4. The van der Waals surface area contributed by atoms with Crippen LogP contribution in [0.1, 0.15) is 47.4 Å². The molecule has 1 aliphatic rings. The van der Waals surface area contributed by atoms with Crippen molar-refractivity contribution in [1.82, 2.24) is 9.97 Å². The molecule has 0 bridgehead atoms. The number of pyridine rings is 1. The summed E-state index contributed by atoms with van der Waals surface area (Å²) in [5.74, 6) is -0.214. The first-order valence-corrected chi connectivity index (χ1v) is 9.33. The summed E-state index contributed by atoms with van der Waals surface area (Å²) in [7, 11) is 0. The first-order chi connectivity index (χ1) is 12.8. The van der Waals surface area contributed by atoms with E-state index in [4.69, 9.17) is 11.6 Å². The third-order valence-corrected chi connectivity index (χ3v) is 5.33. The van der Waals surface area contributed by atoms with Crippen LogP contribution in [0.15, 0.2) is 42.7 Å². The van der Waals surface area contributed by atoms with Crippen molar-refractivity contribution in [1.29, 1.82) is 0 Å². The lowest BCUT2D eigenvalue weighted by atomic mass is 9.75. The summed E-state index contributed by atoms with van der Waals surface area (Å²) < 4.78 is 14.4. The van der Waals surface area contributed by atoms with Crippen LogP contribution in [-0.2, 0) is 12.8 Å². The molecule has 0 radical (unpaired) electrons. The zero-order chi connectivity index (χ0) is 19.2. The van der Waals surface area contributed by atoms with Gasteiger partial charge in [0.05, 0.1) is 5.69 Å². The minimum atomic E-state index is -0.321. The van der Waals surface area contributed by atoms with Crippen LogP contribution in [0.25, 0.3) is 11.3 Å². The average Bonchev–Trinajstić information content (AvgIpc) is 2.96. The van der Waals surface area contributed by atoms with Crippen LogP contribution in [0.3, 0.4) is 0 Å². The molecule has 0 saturated carbocycles. The standard InChI is InChI=1S/C22H20ClFN2O/c1-22(2)11-18-20(19(27)12-22)16(10-14-9-15(23)3-4-17(14)24)21(26-18)13-5-7-25-8-6-13/h3-9,26H,10-12H2,1-2H3. The fourth-order valence-corrected chi connectivity index (χ4v) is 4.13. The molecule has 138 valence electrons. The van der Waals surface area contributed by atoms with Crippen molar-refractivity contribution in [2.75, 3.05) is 0 Å². The third-order valence-electron chi connectivity index (χ3n) is 5.10. The number of Topliss-reactive ketones (excluding diaryl/α,β-unsaturated/α-hetero) is 1. The fourth-order valence-electron chi connectivity index (χ4n) is 3.94. The second kappa shape index (κ2) is 6.61. The molecule has 0 atom stereocenters. The summed E-state index contributed by atoms with van der Waals surface area (Å²) in [6.45, 7) is 4.19. The molecule has 27 heavy (non-hydrogen) atoms. The lowest BCUT2D eigenvalue weighted by Crippen LogP contribution is -2.27. The maximum Gasteiger partial charge on any atom is 0.165 e. The van der Waals surface area contributed by atoms with E-state index in [1.54, 1.807) is 18.5 Å². The summed E-state index contributed by atoms with van der Waals surface area (Å²) in [4.78, 5) is 20.5. The Balaban J connectivity index is 1.90. The van der Waals surface area contributed by atoms with Gasteiger partial charge in [-0.2, -0.15) is 0 Å². The first-order valence-electron chi connectivity index (χ1n) is 8.95. The molecule has 1 aliphatic carbocycles. The van der Waals surface area contributed by atoms with Gasteiger partial charge in [0.1, 0.15) is 5.82 Å². The van der Waals surface area contributed by atoms with E-state index in [0.717, 1.165) is 28.9 Å². The van der Waals surface area contributed by atoms with Gasteiger partial charge in [-0.05, 0) is 53.3 Å². The number of nitrogens with one attached hydrogen (secondary N) is 1. The Morgan fingerprint density at radius 1 is 1.19 bits per heavy atom. The molecule has 1 N–H and O–H groups in total. The molecule has 0 aliphatic heterocycles. The number of carbonyl (C=O) groups excluding carboxylic acids is 1. The van der Waals surface area contributed by atoms with Crippen LogP contribution in [0, 0.1) is 11.2 Å². The number of H-pyrrole nitrogens is 1. The van der Waals surface area contributed by atoms with Crippen molar-refractivity contribution >= 4 is 17.4 Å². The Bertz CT molecular complexity index is 1020. The Morgan fingerprint density at radius 2 is 1.93 bits per heavy atom. The SMILES string of the molecule is CC1(C)CC(=O)c2c([nH]c(-c3ccncc3)c2Cc2cc(Cl)ccc2F)C1. The normalized spacial score (nSPS) is 15.6. The van der Waals surface area contributed by atoms with Crippen LogP contribution in [-0.4, -0.2) is 15.8 Å². The van der Waals surface area contributed by atoms with Gasteiger partial charge in [-0.1, -0.05) is 25.4 Å². The number of halogens is 2. The lowest BCUT2D eigenvalue weighted by Gasteiger charge is -2.28. The number of benzene rings is 1. The molecular weight excluding hydrogens is 363 g/mol. The lowest BCUT2D eigenvalue weighted by molar-refractivity contribution is 0.0911. The number of ketones is 1. The molecule has 3 aromatic rings. The predicted molar refractivity (Wildman–Crippen MR) is 105 cm³/mol. The average molecular weight is 383 g/mol. The smallest absolute Gasteiger partial charge is 0.165 e. The predicted octanol–water partition coefficient (Wildman–Crippen LogP) is 5.62. The number of hydrogen-bond acceptors (Lipinski definition) is 2. The highest BCUT2D eigenvalue weighted by Crippen LogP contribution is 2.40. The Hall–Kier alpha value is -2.46. The molecule has 4 rings (SSSR count). The molecule has 2 heterocycles. The van der Waals surface area contributed by atoms with Gasteiger partial charge in [0.15, 0.2) is 5.78 Å². The van der Waals surface area contributed by atoms with Gasteiger partial charge in [-0.15, -0.1) is 0 Å². The van der Waals surface area contributed by atoms with Crippen molar-refractivity contribution in [3.05, 3.63) is 75.9 Å². The highest BCUT2D eigenvalue weighted by Gasteiger charge is 2.35. The van der Waals surface area contributed by atoms with Gasteiger partial charge >= 0.3 is 0 Å². The van der Waals surface area contributed by atoms with E-state index in [9.17, 15) is 9.18 Å². The minimum absolute atomic E-state index is 0.0942. The largest absolute Gasteiger partial charge is 0.358 e. The summed E-state index contributed by atoms with van der Waals surface area (Å²) in [6.07, 6.45) is 5.00. The van der Waals surface area contributed by atoms with E-state index >= 15 is 0 Å². The van der Waals surface area contributed by atoms with Crippen LogP contribution < -0.4 is 0 Å². The van der Waals surface area contributed by atoms with Crippen LogP contribution in [0.4, 0.5) is 4.39 Å². The van der Waals surface area contributed by atoms with Crippen LogP contribution in [0.5, 0.6) is 0 Å². The Labute approximate surface area is 162 Å². The van der Waals surface area contributed by atoms with Crippen LogP contribution >= 0.6 is 11.6 Å². The first kappa shape index (κ1) is 17.9. The second-order valence-electron chi connectivity index (χ2n) is 7.92. The number of fused-ring (bicyclic) bond motifs is 1. The van der Waals surface area contributed by atoms with Gasteiger partial charge in [0, 0.05) is 47.1 Å². The van der Waals surface area contributed by atoms with Crippen molar-refractivity contribution in [3.8, 4) is 11.3 Å². The number of carbonyl (C=O) groups is 1. The highest BCUT2D eigenvalue weighted by atomic mass is 35.5. The van der Waals surface area contributed by atoms with E-state index in [0.29, 0.717) is 29.0 Å². The van der Waals surface area contributed by atoms with Crippen molar-refractivity contribution in [2.24, 2.45) is 5.41 Å². The number of hydrogen-bond donors (Lipinski definition) is 1. The minimum Gasteiger partial charge on any atom is -0.358 e. The molecule has 0 saturated heterocycles. The maximum absolute atomic E-state index is 14.4. The quantitative estimate of drug-likeness (QED) is 0.639. The van der Waals surface area contributed by atoms with E-state index in [2.05, 4.69) is 23.8 Å². The third kappa shape index (κ3) is 3.42. The zero-order valence-corrected chi connectivity index (χ0v) is 16.0. The van der Waals surface area contributed by atoms with Gasteiger partial charge in [0.2, 0.25) is 0 Å². The van der Waals surface area contributed by atoms with Crippen LogP contribution in [0.2, 0.25) is 5.02 Å². The molecular formula is C22H20ClFN2O. The molecule has 2 aromatic heterocycles. The molecule has 5 heteroatoms. The van der Waals surface area contributed by atoms with Gasteiger partial charge < -0.3 is 4.98 Å². The molecule has 0 unspecified atom stereocenters. The highest BCUT2D eigenvalue weighted by molar-refractivity contribution is 6.30. The number of aromatic amines is 1. The van der Waals surface area contributed by atoms with E-state index in [1.807, 2.05) is 12.1 Å². The summed E-state index contributed by atoms with van der Waals surface area (Å²) in [6, 6.07) is 8.32. The van der Waals surface area contributed by atoms with Gasteiger partial charge in [-0.3, -0.25) is 9.78 Å². The molecule has 0 amide bonds. The van der Waals surface area contributed by atoms with Crippen molar-refractivity contribution in [3.63, 3.8) is 0 Å². The second-order valence-corrected chi connectivity index (χ2v) is 8.36. The topological polar surface area (TPSA) is 45.8 Å². The molecule has 1 aromatic carbocycles. The fraction of sp³-hybridized carbons (Fsp3) is 0.273. The zero-order valence-electron chi connectivity index (χ0n) is 15.3. The number of aromatic nitrogens is 2. The van der Waals surface area contributed by atoms with Gasteiger partial charge in [0.25, 0.3) is 0 Å². The monoisotopic (exact) mass is 382 g/mol. The summed E-state index contributed by atoms with van der Waals surface area (Å²) >= 11 is 6.07. The van der Waals surface area contributed by atoms with E-state index in [-0.39, 0.29) is 17.0 Å². The summed E-state index contributed by atoms with van der Waals surface area (Å²) in [5, 5.41) is 0.480. The number of rotatable bonds is 3. The van der Waals surface area contributed by atoms with Crippen molar-refractivity contribution < 1.29 is 9.18 Å². The Morgan fingerprint density at radius 3 is 2.67 bits per heavy atom. The molecule has 0 spiro atoms. The van der Waals surface area contributed by atoms with Crippen molar-refractivity contribution in [2.45, 2.75) is 33.1 Å². The molecule has 0 fully saturated rings.